The molecular formula is C20H23N5O2. The van der Waals surface area contributed by atoms with Gasteiger partial charge in [-0.2, -0.15) is 0 Å². The van der Waals surface area contributed by atoms with Crippen LogP contribution in [-0.4, -0.2) is 46.7 Å². The Morgan fingerprint density at radius 1 is 1.26 bits per heavy atom. The molecule has 0 saturated carbocycles. The van der Waals surface area contributed by atoms with Crippen LogP contribution < -0.4 is 15.0 Å². The molecule has 0 bridgehead atoms. The summed E-state index contributed by atoms with van der Waals surface area (Å²) in [5.74, 6) is 1.44. The topological polar surface area (TPSA) is 72.3 Å². The molecule has 1 aliphatic heterocycles. The fourth-order valence-electron chi connectivity index (χ4n) is 3.66. The van der Waals surface area contributed by atoms with Crippen LogP contribution in [0.4, 0.5) is 5.95 Å². The van der Waals surface area contributed by atoms with E-state index in [1.165, 1.54) is 0 Å². The highest BCUT2D eigenvalue weighted by Crippen LogP contribution is 2.24. The van der Waals surface area contributed by atoms with Gasteiger partial charge in [0, 0.05) is 49.5 Å². The van der Waals surface area contributed by atoms with Crippen molar-refractivity contribution in [2.24, 2.45) is 7.05 Å². The third-order valence-electron chi connectivity index (χ3n) is 5.07. The summed E-state index contributed by atoms with van der Waals surface area (Å²) in [5, 5.41) is 4.17. The lowest BCUT2D eigenvalue weighted by Crippen LogP contribution is -2.48. The summed E-state index contributed by atoms with van der Waals surface area (Å²) in [6.07, 6.45) is 5.44. The number of nitrogens with one attached hydrogen (secondary N) is 1. The summed E-state index contributed by atoms with van der Waals surface area (Å²) in [7, 11) is 3.55. The van der Waals surface area contributed by atoms with Gasteiger partial charge >= 0.3 is 0 Å². The van der Waals surface area contributed by atoms with Gasteiger partial charge in [0.1, 0.15) is 11.4 Å². The summed E-state index contributed by atoms with van der Waals surface area (Å²) >= 11 is 0. The Labute approximate surface area is 158 Å². The monoisotopic (exact) mass is 365 g/mol. The second-order valence-electron chi connectivity index (χ2n) is 6.82. The fraction of sp³-hybridized carbons (Fsp3) is 0.350. The number of carbonyl (C=O) groups is 1. The Balaban J connectivity index is 1.50. The Kier molecular flexibility index (Phi) is 4.66. The number of amides is 1. The number of fused-ring (bicyclic) bond motifs is 1. The maximum atomic E-state index is 12.9. The van der Waals surface area contributed by atoms with Gasteiger partial charge in [0.05, 0.1) is 7.11 Å². The van der Waals surface area contributed by atoms with E-state index < -0.39 is 0 Å². The van der Waals surface area contributed by atoms with E-state index in [1.54, 1.807) is 19.5 Å². The van der Waals surface area contributed by atoms with Crippen molar-refractivity contribution in [3.05, 3.63) is 48.4 Å². The van der Waals surface area contributed by atoms with Crippen LogP contribution in [-0.2, 0) is 7.05 Å². The number of carbonyl (C=O) groups excluding carboxylic acids is 1. The highest BCUT2D eigenvalue weighted by Gasteiger charge is 2.24. The molecule has 2 aromatic heterocycles. The average molecular weight is 365 g/mol. The van der Waals surface area contributed by atoms with Crippen molar-refractivity contribution in [1.29, 1.82) is 0 Å². The molecule has 27 heavy (non-hydrogen) atoms. The summed E-state index contributed by atoms with van der Waals surface area (Å²) in [4.78, 5) is 23.7. The molecular weight excluding hydrogens is 342 g/mol. The van der Waals surface area contributed by atoms with Gasteiger partial charge in [-0.25, -0.2) is 9.97 Å². The van der Waals surface area contributed by atoms with Gasteiger partial charge in [-0.15, -0.1) is 0 Å². The fourth-order valence-corrected chi connectivity index (χ4v) is 3.66. The van der Waals surface area contributed by atoms with Crippen LogP contribution in [0.1, 0.15) is 23.3 Å². The lowest BCUT2D eigenvalue weighted by molar-refractivity contribution is 0.0925. The lowest BCUT2D eigenvalue weighted by atomic mass is 10.1. The molecule has 140 valence electrons. The first kappa shape index (κ1) is 17.3. The Morgan fingerprint density at radius 3 is 2.85 bits per heavy atom. The van der Waals surface area contributed by atoms with E-state index in [0.717, 1.165) is 36.0 Å². The van der Waals surface area contributed by atoms with E-state index in [4.69, 9.17) is 4.74 Å². The molecule has 1 unspecified atom stereocenters. The zero-order valence-electron chi connectivity index (χ0n) is 15.6. The SMILES string of the molecule is COc1ccc2c(c1)cc(C(=O)NC1CCCN(c3ncccn3)C1)n2C. The second kappa shape index (κ2) is 7.26. The zero-order valence-corrected chi connectivity index (χ0v) is 15.6. The maximum absolute atomic E-state index is 12.9. The Bertz CT molecular complexity index is 954. The number of rotatable bonds is 4. The molecule has 0 aliphatic carbocycles. The minimum absolute atomic E-state index is 0.0616. The third-order valence-corrected chi connectivity index (χ3v) is 5.07. The predicted octanol–water partition coefficient (Wildman–Crippen LogP) is 2.38. The van der Waals surface area contributed by atoms with Crippen molar-refractivity contribution < 1.29 is 9.53 Å². The second-order valence-corrected chi connectivity index (χ2v) is 6.82. The quantitative estimate of drug-likeness (QED) is 0.769. The minimum atomic E-state index is -0.0616. The van der Waals surface area contributed by atoms with Crippen molar-refractivity contribution in [3.63, 3.8) is 0 Å². The van der Waals surface area contributed by atoms with Gasteiger partial charge in [0.25, 0.3) is 5.91 Å². The largest absolute Gasteiger partial charge is 0.497 e. The van der Waals surface area contributed by atoms with Crippen molar-refractivity contribution in [2.75, 3.05) is 25.1 Å². The molecule has 1 aliphatic rings. The van der Waals surface area contributed by atoms with Gasteiger partial charge in [-0.05, 0) is 43.2 Å². The predicted molar refractivity (Wildman–Crippen MR) is 104 cm³/mol. The molecule has 0 radical (unpaired) electrons. The molecule has 0 spiro atoms. The first-order valence-corrected chi connectivity index (χ1v) is 9.12. The minimum Gasteiger partial charge on any atom is -0.497 e. The molecule has 1 aromatic carbocycles. The molecule has 4 rings (SSSR count). The number of hydrogen-bond donors (Lipinski definition) is 1. The van der Waals surface area contributed by atoms with E-state index in [1.807, 2.05) is 41.9 Å². The van der Waals surface area contributed by atoms with Gasteiger partial charge in [0.15, 0.2) is 0 Å². The van der Waals surface area contributed by atoms with Crippen molar-refractivity contribution >= 4 is 22.8 Å². The molecule has 3 aromatic rings. The molecule has 1 N–H and O–H groups in total. The van der Waals surface area contributed by atoms with Crippen LogP contribution in [0.5, 0.6) is 5.75 Å². The van der Waals surface area contributed by atoms with Crippen LogP contribution in [0, 0.1) is 0 Å². The summed E-state index contributed by atoms with van der Waals surface area (Å²) in [6.45, 7) is 1.62. The van der Waals surface area contributed by atoms with E-state index in [9.17, 15) is 4.79 Å². The van der Waals surface area contributed by atoms with Gasteiger partial charge in [-0.1, -0.05) is 0 Å². The highest BCUT2D eigenvalue weighted by atomic mass is 16.5. The number of hydrogen-bond acceptors (Lipinski definition) is 5. The van der Waals surface area contributed by atoms with E-state index >= 15 is 0 Å². The lowest BCUT2D eigenvalue weighted by Gasteiger charge is -2.33. The molecule has 3 heterocycles. The Hall–Kier alpha value is -3.09. The van der Waals surface area contributed by atoms with E-state index in [-0.39, 0.29) is 11.9 Å². The number of methoxy groups -OCH3 is 1. The average Bonchev–Trinajstić information content (AvgIpc) is 3.05. The van der Waals surface area contributed by atoms with Gasteiger partial charge in [0.2, 0.25) is 5.95 Å². The van der Waals surface area contributed by atoms with Crippen molar-refractivity contribution in [1.82, 2.24) is 19.9 Å². The standard InChI is InChI=1S/C20H23N5O2/c1-24-17-7-6-16(27-2)11-14(17)12-18(24)19(26)23-15-5-3-10-25(13-15)20-21-8-4-9-22-20/h4,6-9,11-12,15H,3,5,10,13H2,1-2H3,(H,23,26). The first-order valence-electron chi connectivity index (χ1n) is 9.12. The Morgan fingerprint density at radius 2 is 2.07 bits per heavy atom. The zero-order chi connectivity index (χ0) is 18.8. The number of aryl methyl sites for hydroxylation is 1. The van der Waals surface area contributed by atoms with Crippen LogP contribution in [0.25, 0.3) is 10.9 Å². The normalized spacial score (nSPS) is 17.1. The molecule has 1 amide bonds. The van der Waals surface area contributed by atoms with E-state index in [0.29, 0.717) is 18.2 Å². The van der Waals surface area contributed by atoms with Gasteiger partial charge in [-0.3, -0.25) is 4.79 Å². The first-order chi connectivity index (χ1) is 13.2. The number of aromatic nitrogens is 3. The van der Waals surface area contributed by atoms with Crippen molar-refractivity contribution in [3.8, 4) is 5.75 Å². The molecule has 7 nitrogen and oxygen atoms in total. The molecule has 1 saturated heterocycles. The number of nitrogens with zero attached hydrogens (tertiary/aromatic N) is 4. The van der Waals surface area contributed by atoms with E-state index in [2.05, 4.69) is 20.2 Å². The molecule has 1 fully saturated rings. The maximum Gasteiger partial charge on any atom is 0.268 e. The summed E-state index contributed by atoms with van der Waals surface area (Å²) in [6, 6.07) is 9.61. The summed E-state index contributed by atoms with van der Waals surface area (Å²) in [5.41, 5.74) is 1.65. The van der Waals surface area contributed by atoms with Crippen LogP contribution >= 0.6 is 0 Å². The summed E-state index contributed by atoms with van der Waals surface area (Å²) < 4.78 is 7.20. The number of benzene rings is 1. The van der Waals surface area contributed by atoms with Crippen LogP contribution in [0.15, 0.2) is 42.7 Å². The van der Waals surface area contributed by atoms with Gasteiger partial charge < -0.3 is 19.5 Å². The molecule has 7 heteroatoms. The number of ether oxygens (including phenoxy) is 1. The third kappa shape index (κ3) is 3.45. The number of piperidine rings is 1. The van der Waals surface area contributed by atoms with Crippen LogP contribution in [0.2, 0.25) is 0 Å². The molecule has 1 atom stereocenters. The van der Waals surface area contributed by atoms with Crippen LogP contribution in [0.3, 0.4) is 0 Å². The van der Waals surface area contributed by atoms with Crippen molar-refractivity contribution in [2.45, 2.75) is 18.9 Å². The smallest absolute Gasteiger partial charge is 0.268 e. The highest BCUT2D eigenvalue weighted by molar-refractivity contribution is 5.99. The number of anilines is 1.